The van der Waals surface area contributed by atoms with Gasteiger partial charge in [-0.15, -0.1) is 0 Å². The first-order valence-corrected chi connectivity index (χ1v) is 8.56. The number of benzene rings is 1. The van der Waals surface area contributed by atoms with Gasteiger partial charge in [-0.2, -0.15) is 5.26 Å². The normalized spacial score (nSPS) is 19.7. The van der Waals surface area contributed by atoms with E-state index in [0.717, 1.165) is 6.07 Å². The molecule has 1 unspecified atom stereocenters. The number of aliphatic carboxylic acids is 1. The number of rotatable bonds is 3. The van der Waals surface area contributed by atoms with E-state index < -0.39 is 28.1 Å². The Morgan fingerprint density at radius 2 is 2.00 bits per heavy atom. The maximum absolute atomic E-state index is 12.4. The molecule has 0 radical (unpaired) electrons. The number of amides is 1. The molecule has 0 aliphatic carbocycles. The molecule has 1 saturated heterocycles. The second-order valence-electron chi connectivity index (χ2n) is 7.70. The maximum atomic E-state index is 12.4. The van der Waals surface area contributed by atoms with Gasteiger partial charge in [-0.05, 0) is 33.8 Å². The molecular weight excluding hydrogens is 368 g/mol. The van der Waals surface area contributed by atoms with Gasteiger partial charge in [0.25, 0.3) is 5.69 Å². The van der Waals surface area contributed by atoms with Crippen LogP contribution < -0.4 is 4.90 Å². The highest BCUT2D eigenvalue weighted by Crippen LogP contribution is 2.33. The van der Waals surface area contributed by atoms with Crippen molar-refractivity contribution in [3.05, 3.63) is 33.9 Å². The summed E-state index contributed by atoms with van der Waals surface area (Å²) in [6.45, 7) is 6.72. The molecule has 1 aliphatic rings. The zero-order chi connectivity index (χ0) is 21.3. The SMILES string of the molecule is CC(C)(C)OC(=O)N1CCN(c2ccc([N+](=O)[O-])cc2C#N)C(C)(C(=O)O)C1. The van der Waals surface area contributed by atoms with Crippen LogP contribution in [0, 0.1) is 21.4 Å². The molecule has 0 saturated carbocycles. The van der Waals surface area contributed by atoms with E-state index in [9.17, 15) is 30.1 Å². The largest absolute Gasteiger partial charge is 0.479 e. The van der Waals surface area contributed by atoms with Crippen molar-refractivity contribution in [2.45, 2.75) is 38.8 Å². The number of anilines is 1. The average molecular weight is 390 g/mol. The van der Waals surface area contributed by atoms with E-state index in [1.807, 2.05) is 6.07 Å². The third kappa shape index (κ3) is 4.14. The number of piperazine rings is 1. The van der Waals surface area contributed by atoms with Crippen molar-refractivity contribution < 1.29 is 24.4 Å². The van der Waals surface area contributed by atoms with Crippen LogP contribution in [0.4, 0.5) is 16.2 Å². The summed E-state index contributed by atoms with van der Waals surface area (Å²) in [4.78, 5) is 37.6. The summed E-state index contributed by atoms with van der Waals surface area (Å²) >= 11 is 0. The van der Waals surface area contributed by atoms with Gasteiger partial charge >= 0.3 is 12.1 Å². The summed E-state index contributed by atoms with van der Waals surface area (Å²) in [7, 11) is 0. The van der Waals surface area contributed by atoms with Crippen LogP contribution in [0.25, 0.3) is 0 Å². The zero-order valence-electron chi connectivity index (χ0n) is 16.1. The van der Waals surface area contributed by atoms with Crippen LogP contribution in [0.1, 0.15) is 33.3 Å². The van der Waals surface area contributed by atoms with E-state index >= 15 is 0 Å². The van der Waals surface area contributed by atoms with Crippen LogP contribution in [-0.4, -0.2) is 57.8 Å². The Kier molecular flexibility index (Phi) is 5.50. The predicted molar refractivity (Wildman–Crippen MR) is 99.0 cm³/mol. The van der Waals surface area contributed by atoms with Gasteiger partial charge in [0.2, 0.25) is 0 Å². The van der Waals surface area contributed by atoms with Crippen molar-refractivity contribution >= 4 is 23.4 Å². The summed E-state index contributed by atoms with van der Waals surface area (Å²) in [5.74, 6) is -1.19. The van der Waals surface area contributed by atoms with E-state index in [2.05, 4.69) is 0 Å². The number of hydrogen-bond donors (Lipinski definition) is 1. The fourth-order valence-electron chi connectivity index (χ4n) is 3.02. The van der Waals surface area contributed by atoms with Crippen molar-refractivity contribution in [3.63, 3.8) is 0 Å². The Balaban J connectivity index is 2.40. The van der Waals surface area contributed by atoms with Gasteiger partial charge in [-0.25, -0.2) is 9.59 Å². The Labute approximate surface area is 162 Å². The molecule has 0 bridgehead atoms. The van der Waals surface area contributed by atoms with Gasteiger partial charge in [0.1, 0.15) is 11.7 Å². The molecule has 1 aromatic carbocycles. The summed E-state index contributed by atoms with van der Waals surface area (Å²) in [5, 5.41) is 30.2. The number of carboxylic acids is 1. The van der Waals surface area contributed by atoms with Crippen LogP contribution in [0.2, 0.25) is 0 Å². The zero-order valence-corrected chi connectivity index (χ0v) is 16.1. The lowest BCUT2D eigenvalue weighted by Gasteiger charge is -2.47. The number of hydrogen-bond acceptors (Lipinski definition) is 7. The van der Waals surface area contributed by atoms with Gasteiger partial charge in [0.15, 0.2) is 5.54 Å². The number of nitrogens with zero attached hydrogens (tertiary/aromatic N) is 4. The molecule has 28 heavy (non-hydrogen) atoms. The number of carbonyl (C=O) groups is 2. The molecular formula is C18H22N4O6. The van der Waals surface area contributed by atoms with E-state index in [-0.39, 0.29) is 36.6 Å². The molecule has 1 amide bonds. The molecule has 1 aliphatic heterocycles. The monoisotopic (exact) mass is 390 g/mol. The van der Waals surface area contributed by atoms with E-state index in [1.165, 1.54) is 28.9 Å². The molecule has 1 fully saturated rings. The highest BCUT2D eigenvalue weighted by Gasteiger charge is 2.47. The van der Waals surface area contributed by atoms with Crippen LogP contribution >= 0.6 is 0 Å². The van der Waals surface area contributed by atoms with Crippen molar-refractivity contribution in [2.75, 3.05) is 24.5 Å². The Morgan fingerprint density at radius 1 is 1.36 bits per heavy atom. The fourth-order valence-corrected chi connectivity index (χ4v) is 3.02. The number of nitro groups is 1. The van der Waals surface area contributed by atoms with Gasteiger partial charge in [-0.3, -0.25) is 10.1 Å². The number of carboxylic acid groups (broad SMARTS) is 1. The number of non-ortho nitro benzene ring substituents is 1. The molecule has 0 aromatic heterocycles. The number of nitro benzene ring substituents is 1. The summed E-state index contributed by atoms with van der Waals surface area (Å²) in [6, 6.07) is 5.58. The van der Waals surface area contributed by atoms with Crippen LogP contribution in [0.3, 0.4) is 0 Å². The van der Waals surface area contributed by atoms with Gasteiger partial charge in [0.05, 0.1) is 22.7 Å². The Hall–Kier alpha value is -3.35. The van der Waals surface area contributed by atoms with Crippen molar-refractivity contribution in [3.8, 4) is 6.07 Å². The third-order valence-corrected chi connectivity index (χ3v) is 4.40. The van der Waals surface area contributed by atoms with Gasteiger partial charge in [-0.1, -0.05) is 0 Å². The second-order valence-corrected chi connectivity index (χ2v) is 7.70. The lowest BCUT2D eigenvalue weighted by molar-refractivity contribution is -0.384. The average Bonchev–Trinajstić information content (AvgIpc) is 2.59. The topological polar surface area (TPSA) is 137 Å². The lowest BCUT2D eigenvalue weighted by Crippen LogP contribution is -2.66. The minimum Gasteiger partial charge on any atom is -0.479 e. The third-order valence-electron chi connectivity index (χ3n) is 4.40. The summed E-state index contributed by atoms with van der Waals surface area (Å²) in [6.07, 6.45) is -0.621. The van der Waals surface area contributed by atoms with Gasteiger partial charge < -0.3 is 19.6 Å². The quantitative estimate of drug-likeness (QED) is 0.613. The van der Waals surface area contributed by atoms with Crippen molar-refractivity contribution in [2.24, 2.45) is 0 Å². The predicted octanol–water partition coefficient (Wildman–Crippen LogP) is 2.37. The standard InChI is InChI=1S/C18H22N4O6/c1-17(2,3)28-16(25)20-7-8-21(18(4,11-20)15(23)24)14-6-5-13(22(26)27)9-12(14)10-19/h5-6,9H,7-8,11H2,1-4H3,(H,23,24). The highest BCUT2D eigenvalue weighted by atomic mass is 16.6. The minimum atomic E-state index is -1.54. The maximum Gasteiger partial charge on any atom is 0.410 e. The molecule has 1 N–H and O–H groups in total. The highest BCUT2D eigenvalue weighted by molar-refractivity contribution is 5.86. The first-order valence-electron chi connectivity index (χ1n) is 8.56. The molecule has 150 valence electrons. The first-order chi connectivity index (χ1) is 12.9. The fraction of sp³-hybridized carbons (Fsp3) is 0.500. The number of nitriles is 1. The van der Waals surface area contributed by atoms with E-state index in [4.69, 9.17) is 4.74 Å². The number of ether oxygens (including phenoxy) is 1. The second kappa shape index (κ2) is 7.34. The molecule has 1 atom stereocenters. The molecule has 10 nitrogen and oxygen atoms in total. The minimum absolute atomic E-state index is 0.00704. The molecule has 10 heteroatoms. The van der Waals surface area contributed by atoms with Crippen LogP contribution in [0.5, 0.6) is 0 Å². The summed E-state index contributed by atoms with van der Waals surface area (Å²) in [5.41, 5.74) is -2.27. The molecule has 1 heterocycles. The van der Waals surface area contributed by atoms with Gasteiger partial charge in [0, 0.05) is 25.2 Å². The Bertz CT molecular complexity index is 857. The lowest BCUT2D eigenvalue weighted by atomic mass is 9.94. The van der Waals surface area contributed by atoms with Crippen molar-refractivity contribution in [1.29, 1.82) is 5.26 Å². The summed E-state index contributed by atoms with van der Waals surface area (Å²) < 4.78 is 5.33. The Morgan fingerprint density at radius 3 is 2.50 bits per heavy atom. The first kappa shape index (κ1) is 21.0. The van der Waals surface area contributed by atoms with E-state index in [0.29, 0.717) is 0 Å². The number of carbonyl (C=O) groups excluding carboxylic acids is 1. The van der Waals surface area contributed by atoms with E-state index in [1.54, 1.807) is 20.8 Å². The van der Waals surface area contributed by atoms with Crippen molar-refractivity contribution in [1.82, 2.24) is 4.90 Å². The smallest absolute Gasteiger partial charge is 0.410 e. The molecule has 1 aromatic rings. The molecule has 0 spiro atoms. The van der Waals surface area contributed by atoms with Crippen LogP contribution in [-0.2, 0) is 9.53 Å². The van der Waals surface area contributed by atoms with Crippen LogP contribution in [0.15, 0.2) is 18.2 Å². The molecule has 2 rings (SSSR count).